The first kappa shape index (κ1) is 14.2. The summed E-state index contributed by atoms with van der Waals surface area (Å²) in [7, 11) is 0. The topological polar surface area (TPSA) is 69.4 Å². The molecule has 0 aliphatic carbocycles. The van der Waals surface area contributed by atoms with E-state index in [0.29, 0.717) is 5.56 Å². The van der Waals surface area contributed by atoms with Crippen molar-refractivity contribution in [3.63, 3.8) is 0 Å². The molecular weight excluding hydrogens is 306 g/mol. The lowest BCUT2D eigenvalue weighted by Crippen LogP contribution is -2.08. The largest absolute Gasteiger partial charge is 0.358 e. The van der Waals surface area contributed by atoms with Crippen molar-refractivity contribution in [1.82, 2.24) is 14.5 Å². The molecule has 2 aromatic heterocycles. The summed E-state index contributed by atoms with van der Waals surface area (Å²) in [6, 6.07) is 6.32. The van der Waals surface area contributed by atoms with Crippen LogP contribution in [0.15, 0.2) is 29.6 Å². The summed E-state index contributed by atoms with van der Waals surface area (Å²) in [5, 5.41) is 11.2. The average molecular weight is 323 g/mol. The van der Waals surface area contributed by atoms with Gasteiger partial charge in [0.1, 0.15) is 16.9 Å². The molecule has 5 nitrogen and oxygen atoms in total. The maximum absolute atomic E-state index is 9.23. The van der Waals surface area contributed by atoms with Gasteiger partial charge in [-0.15, -0.1) is 0 Å². The minimum Gasteiger partial charge on any atom is -0.358 e. The van der Waals surface area contributed by atoms with Crippen LogP contribution < -0.4 is 4.72 Å². The first-order chi connectivity index (χ1) is 11.3. The van der Waals surface area contributed by atoms with Crippen LogP contribution in [0.3, 0.4) is 0 Å². The molecule has 23 heavy (non-hydrogen) atoms. The van der Waals surface area contributed by atoms with E-state index in [4.69, 9.17) is 0 Å². The van der Waals surface area contributed by atoms with Crippen molar-refractivity contribution in [2.45, 2.75) is 37.8 Å². The molecule has 1 aromatic carbocycles. The second-order valence-corrected chi connectivity index (χ2v) is 6.67. The van der Waals surface area contributed by atoms with E-state index in [0.717, 1.165) is 40.1 Å². The zero-order valence-corrected chi connectivity index (χ0v) is 13.7. The Labute approximate surface area is 138 Å². The van der Waals surface area contributed by atoms with E-state index in [1.165, 1.54) is 30.6 Å². The minimum atomic E-state index is 0.684. The lowest BCUT2D eigenvalue weighted by Gasteiger charge is -2.11. The van der Waals surface area contributed by atoms with Gasteiger partial charge in [0.25, 0.3) is 0 Å². The van der Waals surface area contributed by atoms with Crippen molar-refractivity contribution >= 4 is 28.5 Å². The summed E-state index contributed by atoms with van der Waals surface area (Å²) in [6.45, 7) is 3.09. The number of nitriles is 1. The number of hydrogen-bond acceptors (Lipinski definition) is 4. The maximum atomic E-state index is 9.23. The van der Waals surface area contributed by atoms with Crippen LogP contribution in [-0.2, 0) is 13.0 Å². The van der Waals surface area contributed by atoms with Gasteiger partial charge in [0, 0.05) is 42.7 Å². The van der Waals surface area contributed by atoms with E-state index in [2.05, 4.69) is 31.5 Å². The lowest BCUT2D eigenvalue weighted by atomic mass is 10.1. The third-order valence-electron chi connectivity index (χ3n) is 4.32. The van der Waals surface area contributed by atoms with E-state index < -0.39 is 0 Å². The monoisotopic (exact) mass is 323 g/mol. The summed E-state index contributed by atoms with van der Waals surface area (Å²) >= 11 is 1.52. The van der Waals surface area contributed by atoms with Gasteiger partial charge in [0.2, 0.25) is 0 Å². The van der Waals surface area contributed by atoms with Gasteiger partial charge in [-0.2, -0.15) is 5.26 Å². The van der Waals surface area contributed by atoms with Gasteiger partial charge in [-0.05, 0) is 31.4 Å². The Hall–Kier alpha value is -2.39. The Bertz CT molecular complexity index is 892. The minimum absolute atomic E-state index is 0.684. The number of fused-ring (bicyclic) bond motifs is 2. The highest BCUT2D eigenvalue weighted by Gasteiger charge is 2.14. The molecule has 0 bridgehead atoms. The van der Waals surface area contributed by atoms with Crippen molar-refractivity contribution in [1.29, 1.82) is 5.26 Å². The van der Waals surface area contributed by atoms with E-state index in [1.807, 2.05) is 19.1 Å². The quantitative estimate of drug-likeness (QED) is 0.715. The maximum Gasteiger partial charge on any atom is 0.135 e. The van der Waals surface area contributed by atoms with Gasteiger partial charge in [-0.25, -0.2) is 4.98 Å². The summed E-state index contributed by atoms with van der Waals surface area (Å²) < 4.78 is 5.63. The third-order valence-corrected chi connectivity index (χ3v) is 5.04. The zero-order chi connectivity index (χ0) is 15.8. The van der Waals surface area contributed by atoms with Gasteiger partial charge in [0.15, 0.2) is 0 Å². The van der Waals surface area contributed by atoms with Crippen LogP contribution in [0.1, 0.15) is 29.8 Å². The van der Waals surface area contributed by atoms with Crippen molar-refractivity contribution < 1.29 is 0 Å². The molecule has 6 heteroatoms. The molecule has 1 aliphatic rings. The fourth-order valence-electron chi connectivity index (χ4n) is 3.14. The van der Waals surface area contributed by atoms with Crippen molar-refractivity contribution in [3.8, 4) is 6.07 Å². The van der Waals surface area contributed by atoms with Crippen molar-refractivity contribution in [3.05, 3.63) is 41.5 Å². The van der Waals surface area contributed by atoms with E-state index in [-0.39, 0.29) is 0 Å². The number of aromatic nitrogens is 3. The first-order valence-electron chi connectivity index (χ1n) is 7.76. The van der Waals surface area contributed by atoms with Gasteiger partial charge >= 0.3 is 0 Å². The highest BCUT2D eigenvalue weighted by Crippen LogP contribution is 2.31. The molecule has 1 aliphatic heterocycles. The number of imidazole rings is 1. The van der Waals surface area contributed by atoms with Crippen LogP contribution in [-0.4, -0.2) is 14.5 Å². The SMILES string of the molecule is Cc1ccc(NSc2cn3c(n2)CCCC3)c2[nH]cc(C#N)c12. The van der Waals surface area contributed by atoms with Crippen LogP contribution in [0, 0.1) is 18.3 Å². The predicted octanol–water partition coefficient (Wildman–Crippen LogP) is 4.00. The molecule has 0 amide bonds. The molecule has 0 saturated heterocycles. The van der Waals surface area contributed by atoms with Crippen molar-refractivity contribution in [2.75, 3.05) is 4.72 Å². The van der Waals surface area contributed by atoms with Crippen LogP contribution in [0.4, 0.5) is 5.69 Å². The lowest BCUT2D eigenvalue weighted by molar-refractivity contribution is 0.522. The Kier molecular flexibility index (Phi) is 3.50. The molecule has 4 rings (SSSR count). The Morgan fingerprint density at radius 3 is 3.13 bits per heavy atom. The molecule has 0 fully saturated rings. The molecule has 3 heterocycles. The molecule has 3 aromatic rings. The highest BCUT2D eigenvalue weighted by molar-refractivity contribution is 8.00. The summed E-state index contributed by atoms with van der Waals surface area (Å²) in [5.74, 6) is 1.18. The fraction of sp³-hybridized carbons (Fsp3) is 0.294. The number of rotatable bonds is 3. The predicted molar refractivity (Wildman–Crippen MR) is 92.4 cm³/mol. The second kappa shape index (κ2) is 5.67. The van der Waals surface area contributed by atoms with Crippen molar-refractivity contribution in [2.24, 2.45) is 0 Å². The fourth-order valence-corrected chi connectivity index (χ4v) is 3.85. The van der Waals surface area contributed by atoms with E-state index in [9.17, 15) is 5.26 Å². The van der Waals surface area contributed by atoms with Gasteiger partial charge in [-0.1, -0.05) is 6.07 Å². The number of benzene rings is 1. The molecule has 0 saturated carbocycles. The second-order valence-electron chi connectivity index (χ2n) is 5.84. The normalized spacial score (nSPS) is 13.7. The number of nitrogens with one attached hydrogen (secondary N) is 2. The number of H-pyrrole nitrogens is 1. The first-order valence-corrected chi connectivity index (χ1v) is 8.57. The summed E-state index contributed by atoms with van der Waals surface area (Å²) in [5.41, 5.74) is 3.73. The number of anilines is 1. The van der Waals surface area contributed by atoms with Crippen LogP contribution >= 0.6 is 11.9 Å². The molecule has 0 unspecified atom stereocenters. The summed E-state index contributed by atoms with van der Waals surface area (Å²) in [6.07, 6.45) is 7.42. The number of nitrogens with zero attached hydrogens (tertiary/aromatic N) is 3. The number of hydrogen-bond donors (Lipinski definition) is 2. The van der Waals surface area contributed by atoms with Gasteiger partial charge < -0.3 is 14.3 Å². The smallest absolute Gasteiger partial charge is 0.135 e. The standard InChI is InChI=1S/C17H17N5S/c1-11-5-6-13(17-16(11)12(8-18)9-19-17)21-23-15-10-22-7-3-2-4-14(22)20-15/h5-6,9-10,19,21H,2-4,7H2,1H3. The Balaban J connectivity index is 1.61. The average Bonchev–Trinajstić information content (AvgIpc) is 3.18. The number of aryl methyl sites for hydroxylation is 3. The Morgan fingerprint density at radius 2 is 2.30 bits per heavy atom. The molecule has 0 spiro atoms. The van der Waals surface area contributed by atoms with Gasteiger partial charge in [-0.3, -0.25) is 0 Å². The molecular formula is C17H17N5S. The van der Waals surface area contributed by atoms with Crippen LogP contribution in [0.25, 0.3) is 10.9 Å². The van der Waals surface area contributed by atoms with E-state index in [1.54, 1.807) is 6.20 Å². The number of aromatic amines is 1. The molecule has 0 atom stereocenters. The highest BCUT2D eigenvalue weighted by atomic mass is 32.2. The third kappa shape index (κ3) is 2.47. The summed E-state index contributed by atoms with van der Waals surface area (Å²) in [4.78, 5) is 7.90. The van der Waals surface area contributed by atoms with Crippen LogP contribution in [0.2, 0.25) is 0 Å². The molecule has 116 valence electrons. The molecule has 2 N–H and O–H groups in total. The van der Waals surface area contributed by atoms with Crippen LogP contribution in [0.5, 0.6) is 0 Å². The molecule has 0 radical (unpaired) electrons. The van der Waals surface area contributed by atoms with E-state index >= 15 is 0 Å². The zero-order valence-electron chi connectivity index (χ0n) is 12.9. The van der Waals surface area contributed by atoms with Gasteiger partial charge in [0.05, 0.1) is 16.8 Å². The Morgan fingerprint density at radius 1 is 1.39 bits per heavy atom.